The summed E-state index contributed by atoms with van der Waals surface area (Å²) in [6, 6.07) is 21.7. The third-order valence-electron chi connectivity index (χ3n) is 6.74. The Morgan fingerprint density at radius 3 is 2.70 bits per heavy atom. The van der Waals surface area contributed by atoms with E-state index in [0.29, 0.717) is 42.9 Å². The third kappa shape index (κ3) is 4.87. The third-order valence-corrected chi connectivity index (χ3v) is 6.74. The SMILES string of the molecule is C=CCOc1cccc([C@@H]2C(=C(O)c3ccc4c(c3)C[C@@H](C)O4)C(=O)C(=O)N2CCc2ccccc2)c1. The van der Waals surface area contributed by atoms with Crippen molar-refractivity contribution in [2.24, 2.45) is 0 Å². The van der Waals surface area contributed by atoms with Crippen molar-refractivity contribution in [1.82, 2.24) is 4.90 Å². The predicted octanol–water partition coefficient (Wildman–Crippen LogP) is 5.24. The lowest BCUT2D eigenvalue weighted by Gasteiger charge is -2.26. The molecule has 2 aliphatic rings. The molecule has 5 rings (SSSR count). The smallest absolute Gasteiger partial charge is 0.295 e. The number of rotatable bonds is 8. The van der Waals surface area contributed by atoms with E-state index in [1.54, 1.807) is 29.2 Å². The van der Waals surface area contributed by atoms with E-state index >= 15 is 0 Å². The monoisotopic (exact) mass is 495 g/mol. The number of ketones is 1. The fourth-order valence-corrected chi connectivity index (χ4v) is 5.01. The molecule has 6 heteroatoms. The Morgan fingerprint density at radius 1 is 1.11 bits per heavy atom. The van der Waals surface area contributed by atoms with Gasteiger partial charge in [-0.05, 0) is 60.4 Å². The number of Topliss-reactive ketones (excluding diaryl/α,β-unsaturated/α-hetero) is 1. The minimum Gasteiger partial charge on any atom is -0.507 e. The number of hydrogen-bond acceptors (Lipinski definition) is 5. The molecule has 0 aromatic heterocycles. The van der Waals surface area contributed by atoms with E-state index < -0.39 is 17.7 Å². The molecule has 0 aliphatic carbocycles. The van der Waals surface area contributed by atoms with E-state index in [4.69, 9.17) is 9.47 Å². The molecule has 188 valence electrons. The summed E-state index contributed by atoms with van der Waals surface area (Å²) in [7, 11) is 0. The van der Waals surface area contributed by atoms with Gasteiger partial charge in [-0.2, -0.15) is 0 Å². The standard InChI is InChI=1S/C31H29NO5/c1-3-16-36-25-11-7-10-22(19-25)28-27(29(33)23-12-13-26-24(18-23)17-20(2)37-26)30(34)31(35)32(28)15-14-21-8-5-4-6-9-21/h3-13,18-20,28,33H,1,14-17H2,2H3/t20-,28-/m1/s1. The van der Waals surface area contributed by atoms with Crippen LogP contribution in [0.25, 0.3) is 5.76 Å². The van der Waals surface area contributed by atoms with Gasteiger partial charge in [0.25, 0.3) is 11.7 Å². The van der Waals surface area contributed by atoms with Crippen LogP contribution in [0.2, 0.25) is 0 Å². The molecule has 0 unspecified atom stereocenters. The predicted molar refractivity (Wildman–Crippen MR) is 142 cm³/mol. The molecule has 0 bridgehead atoms. The number of carbonyl (C=O) groups is 2. The van der Waals surface area contributed by atoms with Crippen molar-refractivity contribution in [3.8, 4) is 11.5 Å². The van der Waals surface area contributed by atoms with Crippen molar-refractivity contribution < 1.29 is 24.2 Å². The molecular weight excluding hydrogens is 466 g/mol. The van der Waals surface area contributed by atoms with E-state index in [-0.39, 0.29) is 17.4 Å². The molecule has 1 N–H and O–H groups in total. The molecule has 6 nitrogen and oxygen atoms in total. The highest BCUT2D eigenvalue weighted by Gasteiger charge is 2.46. The lowest BCUT2D eigenvalue weighted by molar-refractivity contribution is -0.139. The Hall–Kier alpha value is -4.32. The van der Waals surface area contributed by atoms with Crippen LogP contribution in [-0.4, -0.2) is 41.0 Å². The number of aliphatic hydroxyl groups excluding tert-OH is 1. The summed E-state index contributed by atoms with van der Waals surface area (Å²) in [5, 5.41) is 11.4. The number of carbonyl (C=O) groups excluding carboxylic acids is 2. The summed E-state index contributed by atoms with van der Waals surface area (Å²) in [4.78, 5) is 28.2. The van der Waals surface area contributed by atoms with Crippen LogP contribution >= 0.6 is 0 Å². The zero-order valence-corrected chi connectivity index (χ0v) is 20.7. The first kappa shape index (κ1) is 24.4. The van der Waals surface area contributed by atoms with Gasteiger partial charge in [0.2, 0.25) is 0 Å². The molecule has 2 aliphatic heterocycles. The summed E-state index contributed by atoms with van der Waals surface area (Å²) in [6.07, 6.45) is 2.99. The van der Waals surface area contributed by atoms with Gasteiger partial charge in [0, 0.05) is 18.5 Å². The fourth-order valence-electron chi connectivity index (χ4n) is 5.01. The lowest BCUT2D eigenvalue weighted by Crippen LogP contribution is -2.31. The quantitative estimate of drug-likeness (QED) is 0.200. The number of fused-ring (bicyclic) bond motifs is 1. The fraction of sp³-hybridized carbons (Fsp3) is 0.226. The molecular formula is C31H29NO5. The second kappa shape index (κ2) is 10.3. The highest BCUT2D eigenvalue weighted by atomic mass is 16.5. The van der Waals surface area contributed by atoms with Gasteiger partial charge in [0.1, 0.15) is 30.0 Å². The van der Waals surface area contributed by atoms with E-state index in [0.717, 1.165) is 16.9 Å². The number of amides is 1. The van der Waals surface area contributed by atoms with E-state index in [9.17, 15) is 14.7 Å². The number of ether oxygens (including phenoxy) is 2. The van der Waals surface area contributed by atoms with Gasteiger partial charge in [0.05, 0.1) is 11.6 Å². The Balaban J connectivity index is 1.57. The van der Waals surface area contributed by atoms with Crippen molar-refractivity contribution in [3.63, 3.8) is 0 Å². The van der Waals surface area contributed by atoms with Crippen LogP contribution in [-0.2, 0) is 22.4 Å². The topological polar surface area (TPSA) is 76.1 Å². The zero-order chi connectivity index (χ0) is 25.9. The van der Waals surface area contributed by atoms with Gasteiger partial charge in [-0.3, -0.25) is 9.59 Å². The number of benzene rings is 3. The van der Waals surface area contributed by atoms with Crippen LogP contribution in [0, 0.1) is 0 Å². The first-order chi connectivity index (χ1) is 18.0. The van der Waals surface area contributed by atoms with Gasteiger partial charge in [-0.1, -0.05) is 55.1 Å². The number of hydrogen-bond donors (Lipinski definition) is 1. The normalized spacial score (nSPS) is 20.0. The Labute approximate surface area is 216 Å². The van der Waals surface area contributed by atoms with Crippen molar-refractivity contribution in [2.45, 2.75) is 31.9 Å². The van der Waals surface area contributed by atoms with E-state index in [1.165, 1.54) is 0 Å². The van der Waals surface area contributed by atoms with Gasteiger partial charge >= 0.3 is 0 Å². The maximum absolute atomic E-state index is 13.4. The lowest BCUT2D eigenvalue weighted by atomic mass is 9.94. The highest BCUT2D eigenvalue weighted by molar-refractivity contribution is 6.46. The van der Waals surface area contributed by atoms with Crippen LogP contribution in [0.1, 0.15) is 35.2 Å². The summed E-state index contributed by atoms with van der Waals surface area (Å²) >= 11 is 0. The van der Waals surface area contributed by atoms with Crippen molar-refractivity contribution >= 4 is 17.4 Å². The number of likely N-dealkylation sites (tertiary alicyclic amines) is 1. The summed E-state index contributed by atoms with van der Waals surface area (Å²) < 4.78 is 11.5. The molecule has 3 aromatic rings. The van der Waals surface area contributed by atoms with Gasteiger partial charge < -0.3 is 19.5 Å². The second-order valence-electron chi connectivity index (χ2n) is 9.36. The molecule has 1 saturated heterocycles. The maximum Gasteiger partial charge on any atom is 0.295 e. The van der Waals surface area contributed by atoms with Crippen LogP contribution in [0.3, 0.4) is 0 Å². The second-order valence-corrected chi connectivity index (χ2v) is 9.36. The number of nitrogens with zero attached hydrogens (tertiary/aromatic N) is 1. The average Bonchev–Trinajstić information content (AvgIpc) is 3.41. The van der Waals surface area contributed by atoms with Crippen molar-refractivity contribution in [1.29, 1.82) is 0 Å². The van der Waals surface area contributed by atoms with Crippen molar-refractivity contribution in [3.05, 3.63) is 113 Å². The maximum atomic E-state index is 13.4. The minimum atomic E-state index is -0.751. The van der Waals surface area contributed by atoms with E-state index in [1.807, 2.05) is 61.5 Å². The Bertz CT molecular complexity index is 1380. The first-order valence-corrected chi connectivity index (χ1v) is 12.4. The van der Waals surface area contributed by atoms with E-state index in [2.05, 4.69) is 6.58 Å². The van der Waals surface area contributed by atoms with Crippen molar-refractivity contribution in [2.75, 3.05) is 13.2 Å². The summed E-state index contributed by atoms with van der Waals surface area (Å²) in [5.41, 5.74) is 3.27. The molecule has 1 amide bonds. The number of aliphatic hydroxyl groups is 1. The molecule has 2 atom stereocenters. The highest BCUT2D eigenvalue weighted by Crippen LogP contribution is 2.41. The van der Waals surface area contributed by atoms with Gasteiger partial charge in [-0.25, -0.2) is 0 Å². The molecule has 2 heterocycles. The average molecular weight is 496 g/mol. The van der Waals surface area contributed by atoms with Crippen LogP contribution in [0.4, 0.5) is 0 Å². The molecule has 0 spiro atoms. The van der Waals surface area contributed by atoms with Crippen LogP contribution in [0.15, 0.2) is 91.0 Å². The largest absolute Gasteiger partial charge is 0.507 e. The molecule has 1 fully saturated rings. The molecule has 37 heavy (non-hydrogen) atoms. The Kier molecular flexibility index (Phi) is 6.82. The zero-order valence-electron chi connectivity index (χ0n) is 20.7. The summed E-state index contributed by atoms with van der Waals surface area (Å²) in [5.74, 6) is -0.146. The molecule has 0 radical (unpaired) electrons. The van der Waals surface area contributed by atoms with Crippen LogP contribution < -0.4 is 9.47 Å². The minimum absolute atomic E-state index is 0.0502. The summed E-state index contributed by atoms with van der Waals surface area (Å²) in [6.45, 7) is 6.32. The van der Waals surface area contributed by atoms with Crippen LogP contribution in [0.5, 0.6) is 11.5 Å². The Morgan fingerprint density at radius 2 is 1.92 bits per heavy atom. The molecule has 0 saturated carbocycles. The first-order valence-electron chi connectivity index (χ1n) is 12.4. The molecule has 3 aromatic carbocycles. The van der Waals surface area contributed by atoms with Gasteiger partial charge in [-0.15, -0.1) is 0 Å². The van der Waals surface area contributed by atoms with Gasteiger partial charge in [0.15, 0.2) is 0 Å².